The van der Waals surface area contributed by atoms with Gasteiger partial charge in [0, 0.05) is 11.0 Å². The number of benzene rings is 2. The molecule has 4 rings (SSSR count). The number of nitrogens with zero attached hydrogens (tertiary/aromatic N) is 3. The van der Waals surface area contributed by atoms with E-state index in [1.807, 2.05) is 0 Å². The van der Waals surface area contributed by atoms with Gasteiger partial charge in [-0.15, -0.1) is 17.0 Å². The molecule has 5 heteroatoms. The second-order valence-electron chi connectivity index (χ2n) is 5.03. The van der Waals surface area contributed by atoms with Crippen LogP contribution in [0.15, 0.2) is 58.0 Å². The van der Waals surface area contributed by atoms with Crippen molar-refractivity contribution in [3.8, 4) is 0 Å². The average molecular weight is 409 g/mol. The van der Waals surface area contributed by atoms with Crippen molar-refractivity contribution in [2.24, 2.45) is 4.99 Å². The second-order valence-corrected chi connectivity index (χ2v) is 5.95. The van der Waals surface area contributed by atoms with Gasteiger partial charge in [-0.3, -0.25) is 4.99 Å². The quantitative estimate of drug-likeness (QED) is 0.740. The first-order valence-electron chi connectivity index (χ1n) is 6.76. The molecule has 21 heavy (non-hydrogen) atoms. The highest BCUT2D eigenvalue weighted by Gasteiger charge is 2.34. The van der Waals surface area contributed by atoms with Gasteiger partial charge in [0.15, 0.2) is 0 Å². The van der Waals surface area contributed by atoms with E-state index < -0.39 is 0 Å². The van der Waals surface area contributed by atoms with Gasteiger partial charge in [-0.05, 0) is 29.8 Å². The summed E-state index contributed by atoms with van der Waals surface area (Å²) in [6, 6.07) is 17.0. The second kappa shape index (κ2) is 5.81. The van der Waals surface area contributed by atoms with Crippen molar-refractivity contribution in [3.05, 3.63) is 58.6 Å². The van der Waals surface area contributed by atoms with Crippen molar-refractivity contribution in [1.29, 1.82) is 0 Å². The Balaban J connectivity index is 0.00000132. The number of guanidine groups is 1. The van der Waals surface area contributed by atoms with Gasteiger partial charge in [0.25, 0.3) is 0 Å². The van der Waals surface area contributed by atoms with Crippen LogP contribution >= 0.6 is 32.9 Å². The molecule has 0 bridgehead atoms. The van der Waals surface area contributed by atoms with Crippen molar-refractivity contribution in [2.45, 2.75) is 6.54 Å². The summed E-state index contributed by atoms with van der Waals surface area (Å²) < 4.78 is 1.11. The molecule has 2 aliphatic rings. The Bertz CT molecular complexity index is 682. The zero-order valence-corrected chi connectivity index (χ0v) is 14.7. The third-order valence-electron chi connectivity index (χ3n) is 3.78. The Morgan fingerprint density at radius 3 is 2.48 bits per heavy atom. The number of hydrogen-bond donors (Lipinski definition) is 0. The lowest BCUT2D eigenvalue weighted by Crippen LogP contribution is -2.34. The number of rotatable bonds is 2. The molecule has 108 valence electrons. The van der Waals surface area contributed by atoms with Crippen LogP contribution in [0.25, 0.3) is 0 Å². The van der Waals surface area contributed by atoms with Gasteiger partial charge in [-0.25, -0.2) is 0 Å². The standard InChI is InChI=1S/C16H14BrN3.BrH/c17-13-7-5-12(6-8-13)11-20-15-4-2-1-3-14(15)19-10-9-18-16(19)20;/h1-8H,9-11H2;1H. The summed E-state index contributed by atoms with van der Waals surface area (Å²) in [5.41, 5.74) is 3.83. The monoisotopic (exact) mass is 407 g/mol. The maximum Gasteiger partial charge on any atom is 0.206 e. The lowest BCUT2D eigenvalue weighted by molar-refractivity contribution is 1.01. The smallest absolute Gasteiger partial charge is 0.206 e. The molecule has 0 atom stereocenters. The highest BCUT2D eigenvalue weighted by atomic mass is 79.9. The predicted molar refractivity (Wildman–Crippen MR) is 96.7 cm³/mol. The Hall–Kier alpha value is -1.33. The molecule has 2 aromatic carbocycles. The largest absolute Gasteiger partial charge is 0.308 e. The minimum Gasteiger partial charge on any atom is -0.308 e. The molecule has 0 amide bonds. The van der Waals surface area contributed by atoms with E-state index >= 15 is 0 Å². The third kappa shape index (κ3) is 2.49. The van der Waals surface area contributed by atoms with Gasteiger partial charge in [-0.2, -0.15) is 0 Å². The first kappa shape index (κ1) is 14.6. The molecular weight excluding hydrogens is 394 g/mol. The molecule has 0 N–H and O–H groups in total. The highest BCUT2D eigenvalue weighted by Crippen LogP contribution is 2.39. The van der Waals surface area contributed by atoms with E-state index in [1.165, 1.54) is 16.9 Å². The van der Waals surface area contributed by atoms with Crippen LogP contribution in [0, 0.1) is 0 Å². The van der Waals surface area contributed by atoms with Crippen LogP contribution in [0.5, 0.6) is 0 Å². The van der Waals surface area contributed by atoms with Gasteiger partial charge in [0.05, 0.1) is 24.5 Å². The SMILES string of the molecule is Br.Brc1ccc(CN2C3=NCCN3c3ccccc32)cc1. The van der Waals surface area contributed by atoms with E-state index in [1.54, 1.807) is 0 Å². The van der Waals surface area contributed by atoms with Crippen molar-refractivity contribution in [1.82, 2.24) is 0 Å². The van der Waals surface area contributed by atoms with Crippen LogP contribution in [0.2, 0.25) is 0 Å². The van der Waals surface area contributed by atoms with Gasteiger partial charge in [-0.1, -0.05) is 40.2 Å². The summed E-state index contributed by atoms with van der Waals surface area (Å²) in [7, 11) is 0. The first-order chi connectivity index (χ1) is 9.83. The summed E-state index contributed by atoms with van der Waals surface area (Å²) in [4.78, 5) is 9.29. The van der Waals surface area contributed by atoms with Gasteiger partial charge >= 0.3 is 0 Å². The lowest BCUT2D eigenvalue weighted by atomic mass is 10.2. The number of para-hydroxylation sites is 2. The van der Waals surface area contributed by atoms with Gasteiger partial charge < -0.3 is 9.80 Å². The molecule has 0 aromatic heterocycles. The van der Waals surface area contributed by atoms with E-state index in [2.05, 4.69) is 79.3 Å². The van der Waals surface area contributed by atoms with Gasteiger partial charge in [0.1, 0.15) is 0 Å². The topological polar surface area (TPSA) is 18.8 Å². The normalized spacial score (nSPS) is 15.4. The zero-order valence-electron chi connectivity index (χ0n) is 11.4. The fourth-order valence-corrected chi connectivity index (χ4v) is 3.12. The maximum absolute atomic E-state index is 4.67. The Labute approximate surface area is 143 Å². The van der Waals surface area contributed by atoms with Gasteiger partial charge in [0.2, 0.25) is 5.96 Å². The first-order valence-corrected chi connectivity index (χ1v) is 7.55. The van der Waals surface area contributed by atoms with Crippen LogP contribution in [0.3, 0.4) is 0 Å². The molecular formula is C16H15Br2N3. The van der Waals surface area contributed by atoms with Crippen LogP contribution in [-0.2, 0) is 6.54 Å². The van der Waals surface area contributed by atoms with E-state index in [0.717, 1.165) is 30.1 Å². The molecule has 0 saturated carbocycles. The molecule has 0 radical (unpaired) electrons. The predicted octanol–water partition coefficient (Wildman–Crippen LogP) is 4.22. The Kier molecular flexibility index (Phi) is 4.04. The highest BCUT2D eigenvalue weighted by molar-refractivity contribution is 9.10. The number of hydrogen-bond acceptors (Lipinski definition) is 3. The zero-order chi connectivity index (χ0) is 13.5. The summed E-state index contributed by atoms with van der Waals surface area (Å²) in [5, 5.41) is 0. The molecule has 2 aliphatic heterocycles. The molecule has 0 fully saturated rings. The lowest BCUT2D eigenvalue weighted by Gasteiger charge is -2.19. The molecule has 3 nitrogen and oxygen atoms in total. The molecule has 0 spiro atoms. The van der Waals surface area contributed by atoms with Crippen molar-refractivity contribution in [2.75, 3.05) is 22.9 Å². The van der Waals surface area contributed by atoms with Crippen molar-refractivity contribution >= 4 is 50.2 Å². The Morgan fingerprint density at radius 2 is 1.71 bits per heavy atom. The van der Waals surface area contributed by atoms with Crippen LogP contribution in [-0.4, -0.2) is 19.0 Å². The van der Waals surface area contributed by atoms with Crippen molar-refractivity contribution < 1.29 is 0 Å². The molecule has 0 saturated heterocycles. The van der Waals surface area contributed by atoms with Crippen LogP contribution < -0.4 is 9.80 Å². The number of anilines is 2. The summed E-state index contributed by atoms with van der Waals surface area (Å²) in [6.07, 6.45) is 0. The summed E-state index contributed by atoms with van der Waals surface area (Å²) in [5.74, 6) is 1.09. The third-order valence-corrected chi connectivity index (χ3v) is 4.31. The van der Waals surface area contributed by atoms with Crippen molar-refractivity contribution in [3.63, 3.8) is 0 Å². The summed E-state index contributed by atoms with van der Waals surface area (Å²) in [6.45, 7) is 2.74. The van der Waals surface area contributed by atoms with Crippen LogP contribution in [0.4, 0.5) is 11.4 Å². The number of halogens is 2. The minimum atomic E-state index is 0. The Morgan fingerprint density at radius 1 is 1.00 bits per heavy atom. The molecule has 2 heterocycles. The number of fused-ring (bicyclic) bond motifs is 3. The molecule has 0 aliphatic carbocycles. The minimum absolute atomic E-state index is 0. The summed E-state index contributed by atoms with van der Waals surface area (Å²) >= 11 is 3.48. The van der Waals surface area contributed by atoms with E-state index in [-0.39, 0.29) is 17.0 Å². The maximum atomic E-state index is 4.67. The molecule has 2 aromatic rings. The van der Waals surface area contributed by atoms with Crippen LogP contribution in [0.1, 0.15) is 5.56 Å². The molecule has 0 unspecified atom stereocenters. The number of aliphatic imine (C=N–C) groups is 1. The fraction of sp³-hybridized carbons (Fsp3) is 0.188. The van der Waals surface area contributed by atoms with E-state index in [0.29, 0.717) is 0 Å². The average Bonchev–Trinajstić information content (AvgIpc) is 3.05. The van der Waals surface area contributed by atoms with E-state index in [4.69, 9.17) is 0 Å². The van der Waals surface area contributed by atoms with E-state index in [9.17, 15) is 0 Å². The fourth-order valence-electron chi connectivity index (χ4n) is 2.85.